The summed E-state index contributed by atoms with van der Waals surface area (Å²) in [6.07, 6.45) is 0.791. The smallest absolute Gasteiger partial charge is 0.196 e. The Balaban J connectivity index is 1.96. The fourth-order valence-corrected chi connectivity index (χ4v) is 2.47. The molecule has 21 heavy (non-hydrogen) atoms. The van der Waals surface area contributed by atoms with E-state index in [4.69, 9.17) is 9.47 Å². The van der Waals surface area contributed by atoms with Crippen LogP contribution >= 0.6 is 15.9 Å². The van der Waals surface area contributed by atoms with Crippen LogP contribution in [0.5, 0.6) is 11.5 Å². The fourth-order valence-electron chi connectivity index (χ4n) is 2.13. The first kappa shape index (κ1) is 14.1. The number of hydrogen-bond donors (Lipinski definition) is 0. The molecule has 1 aliphatic heterocycles. The van der Waals surface area contributed by atoms with Crippen molar-refractivity contribution in [3.8, 4) is 11.5 Å². The van der Waals surface area contributed by atoms with Crippen molar-refractivity contribution in [3.05, 3.63) is 57.8 Å². The molecule has 108 valence electrons. The highest BCUT2D eigenvalue weighted by atomic mass is 79.9. The van der Waals surface area contributed by atoms with Gasteiger partial charge in [-0.05, 0) is 36.4 Å². The summed E-state index contributed by atoms with van der Waals surface area (Å²) in [6, 6.07) is 9.28. The third-order valence-corrected chi connectivity index (χ3v) is 3.68. The van der Waals surface area contributed by atoms with Crippen LogP contribution < -0.4 is 9.47 Å². The lowest BCUT2D eigenvalue weighted by molar-refractivity contribution is 0.103. The standard InChI is InChI=1S/C16H12BrFO3/c17-11-3-4-12(13(18)9-11)16(19)10-2-5-14-15(8-10)21-7-1-6-20-14/h2-5,8-9H,1,6-7H2. The number of benzene rings is 2. The Labute approximate surface area is 129 Å². The van der Waals surface area contributed by atoms with Gasteiger partial charge in [0.1, 0.15) is 5.82 Å². The molecule has 5 heteroatoms. The molecule has 3 nitrogen and oxygen atoms in total. The molecule has 2 aromatic carbocycles. The van der Waals surface area contributed by atoms with Gasteiger partial charge in [0.15, 0.2) is 17.3 Å². The van der Waals surface area contributed by atoms with Gasteiger partial charge in [-0.3, -0.25) is 4.79 Å². The Morgan fingerprint density at radius 3 is 2.57 bits per heavy atom. The highest BCUT2D eigenvalue weighted by Crippen LogP contribution is 2.31. The van der Waals surface area contributed by atoms with Gasteiger partial charge in [0.05, 0.1) is 18.8 Å². The summed E-state index contributed by atoms with van der Waals surface area (Å²) in [7, 11) is 0. The van der Waals surface area contributed by atoms with Crippen molar-refractivity contribution in [1.29, 1.82) is 0 Å². The van der Waals surface area contributed by atoms with E-state index in [1.165, 1.54) is 12.1 Å². The number of hydrogen-bond acceptors (Lipinski definition) is 3. The lowest BCUT2D eigenvalue weighted by Crippen LogP contribution is -2.05. The predicted molar refractivity (Wildman–Crippen MR) is 79.6 cm³/mol. The summed E-state index contributed by atoms with van der Waals surface area (Å²) in [5.74, 6) is 0.202. The molecular formula is C16H12BrFO3. The topological polar surface area (TPSA) is 35.5 Å². The largest absolute Gasteiger partial charge is 0.490 e. The van der Waals surface area contributed by atoms with Crippen LogP contribution in [0.1, 0.15) is 22.3 Å². The van der Waals surface area contributed by atoms with Crippen molar-refractivity contribution in [2.45, 2.75) is 6.42 Å². The second-order valence-electron chi connectivity index (χ2n) is 4.67. The lowest BCUT2D eigenvalue weighted by Gasteiger charge is -2.09. The maximum atomic E-state index is 13.9. The Bertz CT molecular complexity index is 700. The maximum Gasteiger partial charge on any atom is 0.196 e. The monoisotopic (exact) mass is 350 g/mol. The van der Waals surface area contributed by atoms with Crippen LogP contribution in [0.15, 0.2) is 40.9 Å². The first-order chi connectivity index (χ1) is 10.1. The first-order valence-electron chi connectivity index (χ1n) is 6.54. The van der Waals surface area contributed by atoms with Crippen LogP contribution in [0.25, 0.3) is 0 Å². The van der Waals surface area contributed by atoms with Gasteiger partial charge in [0.25, 0.3) is 0 Å². The van der Waals surface area contributed by atoms with Crippen molar-refractivity contribution in [3.63, 3.8) is 0 Å². The minimum atomic E-state index is -0.554. The van der Waals surface area contributed by atoms with E-state index in [0.717, 1.165) is 6.42 Å². The molecule has 0 bridgehead atoms. The number of carbonyl (C=O) groups is 1. The molecule has 0 saturated carbocycles. The molecule has 0 atom stereocenters. The molecule has 2 aromatic rings. The fraction of sp³-hybridized carbons (Fsp3) is 0.188. The summed E-state index contributed by atoms with van der Waals surface area (Å²) >= 11 is 3.17. The molecule has 1 heterocycles. The van der Waals surface area contributed by atoms with Crippen molar-refractivity contribution >= 4 is 21.7 Å². The van der Waals surface area contributed by atoms with Crippen LogP contribution in [0.4, 0.5) is 4.39 Å². The minimum absolute atomic E-state index is 0.0349. The zero-order valence-corrected chi connectivity index (χ0v) is 12.7. The van der Waals surface area contributed by atoms with E-state index in [2.05, 4.69) is 15.9 Å². The Kier molecular flexibility index (Phi) is 3.92. The normalized spacial score (nSPS) is 13.6. The van der Waals surface area contributed by atoms with Gasteiger partial charge in [-0.2, -0.15) is 0 Å². The third-order valence-electron chi connectivity index (χ3n) is 3.19. The van der Waals surface area contributed by atoms with Gasteiger partial charge in [-0.15, -0.1) is 0 Å². The Hall–Kier alpha value is -1.88. The number of halogens is 2. The molecule has 3 rings (SSSR count). The van der Waals surface area contributed by atoms with Crippen LogP contribution in [0.2, 0.25) is 0 Å². The summed E-state index contributed by atoms with van der Waals surface area (Å²) in [5, 5.41) is 0. The van der Waals surface area contributed by atoms with Gasteiger partial charge >= 0.3 is 0 Å². The molecular weight excluding hydrogens is 339 g/mol. The van der Waals surface area contributed by atoms with E-state index in [-0.39, 0.29) is 11.3 Å². The second kappa shape index (κ2) is 5.85. The summed E-state index contributed by atoms with van der Waals surface area (Å²) in [5.41, 5.74) is 0.410. The highest BCUT2D eigenvalue weighted by Gasteiger charge is 2.18. The second-order valence-corrected chi connectivity index (χ2v) is 5.58. The van der Waals surface area contributed by atoms with Crippen LogP contribution in [0, 0.1) is 5.82 Å². The minimum Gasteiger partial charge on any atom is -0.490 e. The summed E-state index contributed by atoms with van der Waals surface area (Å²) in [6.45, 7) is 1.12. The summed E-state index contributed by atoms with van der Waals surface area (Å²) in [4.78, 5) is 12.4. The molecule has 0 aliphatic carbocycles. The molecule has 0 amide bonds. The Morgan fingerprint density at radius 2 is 1.81 bits per heavy atom. The zero-order chi connectivity index (χ0) is 14.8. The summed E-state index contributed by atoms with van der Waals surface area (Å²) < 4.78 is 25.5. The van der Waals surface area contributed by atoms with Crippen molar-refractivity contribution < 1.29 is 18.7 Å². The van der Waals surface area contributed by atoms with Gasteiger partial charge < -0.3 is 9.47 Å². The zero-order valence-electron chi connectivity index (χ0n) is 11.1. The molecule has 0 fully saturated rings. The van der Waals surface area contributed by atoms with Crippen LogP contribution in [-0.2, 0) is 0 Å². The van der Waals surface area contributed by atoms with Crippen molar-refractivity contribution in [1.82, 2.24) is 0 Å². The van der Waals surface area contributed by atoms with Gasteiger partial charge in [0, 0.05) is 16.5 Å². The van der Waals surface area contributed by atoms with Crippen LogP contribution in [0.3, 0.4) is 0 Å². The van der Waals surface area contributed by atoms with Gasteiger partial charge in [0.2, 0.25) is 0 Å². The number of rotatable bonds is 2. The molecule has 0 N–H and O–H groups in total. The molecule has 0 saturated heterocycles. The van der Waals surface area contributed by atoms with E-state index in [9.17, 15) is 9.18 Å². The maximum absolute atomic E-state index is 13.9. The first-order valence-corrected chi connectivity index (χ1v) is 7.34. The number of ketones is 1. The number of carbonyl (C=O) groups excluding carboxylic acids is 1. The lowest BCUT2D eigenvalue weighted by atomic mass is 10.0. The van der Waals surface area contributed by atoms with E-state index in [0.29, 0.717) is 34.7 Å². The molecule has 0 radical (unpaired) electrons. The van der Waals surface area contributed by atoms with Crippen LogP contribution in [-0.4, -0.2) is 19.0 Å². The predicted octanol–water partition coefficient (Wildman–Crippen LogP) is 3.98. The van der Waals surface area contributed by atoms with Crippen molar-refractivity contribution in [2.24, 2.45) is 0 Å². The third kappa shape index (κ3) is 2.93. The SMILES string of the molecule is O=C(c1ccc2c(c1)OCCCO2)c1ccc(Br)cc1F. The highest BCUT2D eigenvalue weighted by molar-refractivity contribution is 9.10. The molecule has 0 aromatic heterocycles. The van der Waals surface area contributed by atoms with Gasteiger partial charge in [-0.25, -0.2) is 4.39 Å². The Morgan fingerprint density at radius 1 is 1.05 bits per heavy atom. The van der Waals surface area contributed by atoms with Crippen molar-refractivity contribution in [2.75, 3.05) is 13.2 Å². The van der Waals surface area contributed by atoms with E-state index >= 15 is 0 Å². The average molecular weight is 351 g/mol. The van der Waals surface area contributed by atoms with E-state index in [1.807, 2.05) is 0 Å². The molecule has 0 spiro atoms. The number of ether oxygens (including phenoxy) is 2. The number of fused-ring (bicyclic) bond motifs is 1. The average Bonchev–Trinajstić information content (AvgIpc) is 2.71. The van der Waals surface area contributed by atoms with Gasteiger partial charge in [-0.1, -0.05) is 15.9 Å². The molecule has 0 unspecified atom stereocenters. The quantitative estimate of drug-likeness (QED) is 0.768. The van der Waals surface area contributed by atoms with E-state index < -0.39 is 5.82 Å². The van der Waals surface area contributed by atoms with E-state index in [1.54, 1.807) is 24.3 Å². The molecule has 1 aliphatic rings.